The van der Waals surface area contributed by atoms with Crippen LogP contribution in [0.25, 0.3) is 0 Å². The Morgan fingerprint density at radius 1 is 0.600 bits per heavy atom. The standard InChI is InChI=1S/2C12H11.Fe/c2*1-2-6-11(7-3-1)10-12-8-4-5-9-12;/h2*1-3,6-9H,4,10H2;. The number of benzene rings is 2. The summed E-state index contributed by atoms with van der Waals surface area (Å²) in [4.78, 5) is 0. The first-order valence-electron chi connectivity index (χ1n) is 8.84. The fraction of sp³-hybridized carbons (Fsp3) is 0.167. The Balaban J connectivity index is 1.33. The number of allylic oxidation sites excluding steroid dienone is 8. The van der Waals surface area contributed by atoms with Crippen molar-refractivity contribution in [2.75, 3.05) is 0 Å². The third-order valence-electron chi connectivity index (χ3n) is 4.51. The third-order valence-corrected chi connectivity index (χ3v) is 5.99. The molecule has 0 fully saturated rings. The van der Waals surface area contributed by atoms with E-state index in [1.54, 1.807) is 8.94 Å². The van der Waals surface area contributed by atoms with E-state index in [-0.39, 0.29) is 0 Å². The number of hydrogen-bond acceptors (Lipinski definition) is 0. The predicted octanol–water partition coefficient (Wildman–Crippen LogP) is 5.98. The van der Waals surface area contributed by atoms with Crippen molar-refractivity contribution in [3.8, 4) is 0 Å². The van der Waals surface area contributed by atoms with Gasteiger partial charge in [0.05, 0.1) is 0 Å². The Morgan fingerprint density at radius 3 is 1.48 bits per heavy atom. The average Bonchev–Trinajstić information content (AvgIpc) is 3.27. The van der Waals surface area contributed by atoms with Gasteiger partial charge in [-0.2, -0.15) is 0 Å². The summed E-state index contributed by atoms with van der Waals surface area (Å²) in [5, 5.41) is 0. The minimum absolute atomic E-state index is 1.06. The molecule has 0 saturated carbocycles. The molecule has 0 N–H and O–H groups in total. The van der Waals surface area contributed by atoms with Crippen LogP contribution in [0, 0.1) is 0 Å². The van der Waals surface area contributed by atoms with Gasteiger partial charge in [0.2, 0.25) is 0 Å². The molecule has 0 atom stereocenters. The zero-order valence-corrected chi connectivity index (χ0v) is 15.4. The van der Waals surface area contributed by atoms with Crippen LogP contribution in [0.15, 0.2) is 105 Å². The van der Waals surface area contributed by atoms with Crippen molar-refractivity contribution < 1.29 is 15.0 Å². The molecular formula is C24H22Fe. The van der Waals surface area contributed by atoms with Gasteiger partial charge in [-0.25, -0.2) is 0 Å². The van der Waals surface area contributed by atoms with Crippen LogP contribution in [0.2, 0.25) is 0 Å². The molecule has 4 rings (SSSR count). The molecule has 0 unspecified atom stereocenters. The zero-order chi connectivity index (χ0) is 16.9. The second kappa shape index (κ2) is 7.87. The molecule has 0 aromatic heterocycles. The fourth-order valence-electron chi connectivity index (χ4n) is 3.26. The second-order valence-electron chi connectivity index (χ2n) is 6.53. The first kappa shape index (κ1) is 16.4. The van der Waals surface area contributed by atoms with Crippen LogP contribution in [0.3, 0.4) is 0 Å². The zero-order valence-electron chi connectivity index (χ0n) is 14.3. The second-order valence-corrected chi connectivity index (χ2v) is 8.22. The maximum atomic E-state index is 2.42. The Bertz CT molecular complexity index is 778. The molecule has 0 amide bonds. The van der Waals surface area contributed by atoms with Gasteiger partial charge >= 0.3 is 157 Å². The van der Waals surface area contributed by atoms with Gasteiger partial charge in [0.1, 0.15) is 0 Å². The molecule has 25 heavy (non-hydrogen) atoms. The predicted molar refractivity (Wildman–Crippen MR) is 102 cm³/mol. The Kier molecular flexibility index (Phi) is 5.16. The summed E-state index contributed by atoms with van der Waals surface area (Å²) in [5.41, 5.74) is 5.74. The summed E-state index contributed by atoms with van der Waals surface area (Å²) in [6, 6.07) is 21.5. The summed E-state index contributed by atoms with van der Waals surface area (Å²) in [7, 11) is 0. The fourth-order valence-corrected chi connectivity index (χ4v) is 4.73. The van der Waals surface area contributed by atoms with Crippen molar-refractivity contribution in [1.82, 2.24) is 0 Å². The van der Waals surface area contributed by atoms with Crippen molar-refractivity contribution in [1.29, 1.82) is 0 Å². The first-order valence-corrected chi connectivity index (χ1v) is 9.95. The molecular weight excluding hydrogens is 344 g/mol. The first-order chi connectivity index (χ1) is 12.3. The maximum absolute atomic E-state index is 2.42. The molecule has 1 heteroatoms. The van der Waals surface area contributed by atoms with Crippen LogP contribution in [0.5, 0.6) is 0 Å². The van der Waals surface area contributed by atoms with Crippen molar-refractivity contribution in [2.24, 2.45) is 0 Å². The average molecular weight is 366 g/mol. The number of rotatable bonds is 6. The molecule has 2 aliphatic rings. The van der Waals surface area contributed by atoms with Gasteiger partial charge in [-0.3, -0.25) is 0 Å². The summed E-state index contributed by atoms with van der Waals surface area (Å²) in [6.45, 7) is 0. The molecule has 2 aromatic rings. The van der Waals surface area contributed by atoms with E-state index in [9.17, 15) is 0 Å². The summed E-state index contributed by atoms with van der Waals surface area (Å²) in [6.07, 6.45) is 14.0. The molecule has 2 aliphatic carbocycles. The number of hydrogen-bond donors (Lipinski definition) is 0. The molecule has 2 aromatic carbocycles. The molecule has 0 saturated heterocycles. The quantitative estimate of drug-likeness (QED) is 0.552. The summed E-state index contributed by atoms with van der Waals surface area (Å²) in [5.74, 6) is 0. The van der Waals surface area contributed by atoms with Gasteiger partial charge in [-0.05, 0) is 0 Å². The molecule has 0 spiro atoms. The van der Waals surface area contributed by atoms with Crippen molar-refractivity contribution >= 4 is 0 Å². The Morgan fingerprint density at radius 2 is 1.04 bits per heavy atom. The third kappa shape index (κ3) is 4.51. The van der Waals surface area contributed by atoms with E-state index in [2.05, 4.69) is 85.0 Å². The minimum atomic E-state index is 1.06. The molecule has 126 valence electrons. The van der Waals surface area contributed by atoms with Gasteiger partial charge in [0.15, 0.2) is 0 Å². The Hall–Kier alpha value is -2.08. The normalized spacial score (nSPS) is 16.5. The van der Waals surface area contributed by atoms with Crippen molar-refractivity contribution in [3.05, 3.63) is 116 Å². The van der Waals surface area contributed by atoms with E-state index in [1.165, 1.54) is 22.3 Å². The van der Waals surface area contributed by atoms with E-state index >= 15 is 0 Å². The van der Waals surface area contributed by atoms with Gasteiger partial charge in [-0.15, -0.1) is 0 Å². The van der Waals surface area contributed by atoms with Crippen LogP contribution in [-0.4, -0.2) is 0 Å². The molecule has 0 bridgehead atoms. The summed E-state index contributed by atoms with van der Waals surface area (Å²) >= 11 is 1.13. The molecule has 0 heterocycles. The SMILES string of the molecule is C1=C(Cc2ccccc2)C=[C]([Fe][C]2=CC(Cc3ccccc3)=CC2)C1. The van der Waals surface area contributed by atoms with Gasteiger partial charge < -0.3 is 0 Å². The van der Waals surface area contributed by atoms with E-state index in [0.29, 0.717) is 0 Å². The van der Waals surface area contributed by atoms with Crippen LogP contribution in [0.1, 0.15) is 24.0 Å². The van der Waals surface area contributed by atoms with Crippen molar-refractivity contribution in [3.63, 3.8) is 0 Å². The van der Waals surface area contributed by atoms with Crippen LogP contribution >= 0.6 is 0 Å². The molecule has 0 radical (unpaired) electrons. The van der Waals surface area contributed by atoms with E-state index in [1.807, 2.05) is 0 Å². The van der Waals surface area contributed by atoms with Gasteiger partial charge in [-0.1, -0.05) is 0 Å². The topological polar surface area (TPSA) is 0 Å². The van der Waals surface area contributed by atoms with Gasteiger partial charge in [0.25, 0.3) is 0 Å². The Labute approximate surface area is 156 Å². The van der Waals surface area contributed by atoms with E-state index in [0.717, 1.165) is 40.6 Å². The van der Waals surface area contributed by atoms with Gasteiger partial charge in [0, 0.05) is 0 Å². The molecule has 0 aliphatic heterocycles. The monoisotopic (exact) mass is 366 g/mol. The van der Waals surface area contributed by atoms with Crippen molar-refractivity contribution in [2.45, 2.75) is 25.7 Å². The van der Waals surface area contributed by atoms with Crippen LogP contribution < -0.4 is 0 Å². The van der Waals surface area contributed by atoms with Crippen LogP contribution in [0.4, 0.5) is 0 Å². The molecule has 0 nitrogen and oxygen atoms in total. The van der Waals surface area contributed by atoms with Crippen LogP contribution in [-0.2, 0) is 27.8 Å². The summed E-state index contributed by atoms with van der Waals surface area (Å²) < 4.78 is 3.12. The van der Waals surface area contributed by atoms with E-state index < -0.39 is 0 Å². The van der Waals surface area contributed by atoms with E-state index in [4.69, 9.17) is 0 Å².